The smallest absolute Gasteiger partial charge is 0.304 e. The molecule has 14 heavy (non-hydrogen) atoms. The third kappa shape index (κ3) is 5.56. The minimum absolute atomic E-state index is 0.0829. The molecule has 0 radical (unpaired) electrons. The Balaban J connectivity index is 3.98. The zero-order chi connectivity index (χ0) is 11.1. The molecule has 0 rings (SSSR count). The zero-order valence-corrected chi connectivity index (χ0v) is 9.04. The Kier molecular flexibility index (Phi) is 5.92. The lowest BCUT2D eigenvalue weighted by Crippen LogP contribution is -2.34. The molecule has 0 fully saturated rings. The van der Waals surface area contributed by atoms with Crippen molar-refractivity contribution < 1.29 is 14.7 Å². The second kappa shape index (κ2) is 6.40. The number of carboxylic acids is 1. The van der Waals surface area contributed by atoms with Crippen LogP contribution in [0.4, 0.5) is 0 Å². The molecule has 1 unspecified atom stereocenters. The van der Waals surface area contributed by atoms with Crippen LogP contribution in [0.2, 0.25) is 0 Å². The molecule has 1 amide bonds. The standard InChI is InChI=1S/C10H19NO3/c1-4-8(5-9(12)13)10(14)11-6-7(2)3/h7-8H,4-6H2,1-3H3,(H,11,14)(H,12,13). The third-order valence-electron chi connectivity index (χ3n) is 1.97. The molecule has 0 spiro atoms. The maximum atomic E-state index is 11.4. The number of hydrogen-bond acceptors (Lipinski definition) is 2. The van der Waals surface area contributed by atoms with E-state index >= 15 is 0 Å². The Morgan fingerprint density at radius 3 is 2.29 bits per heavy atom. The van der Waals surface area contributed by atoms with Crippen LogP contribution in [0.3, 0.4) is 0 Å². The van der Waals surface area contributed by atoms with Gasteiger partial charge in [0.25, 0.3) is 0 Å². The van der Waals surface area contributed by atoms with Gasteiger partial charge in [-0.25, -0.2) is 0 Å². The van der Waals surface area contributed by atoms with Crippen LogP contribution < -0.4 is 5.32 Å². The highest BCUT2D eigenvalue weighted by Gasteiger charge is 2.19. The Hall–Kier alpha value is -1.06. The van der Waals surface area contributed by atoms with Crippen LogP contribution in [-0.4, -0.2) is 23.5 Å². The van der Waals surface area contributed by atoms with E-state index in [1.54, 1.807) is 0 Å². The lowest BCUT2D eigenvalue weighted by Gasteiger charge is -2.13. The predicted molar refractivity (Wildman–Crippen MR) is 53.9 cm³/mol. The maximum Gasteiger partial charge on any atom is 0.304 e. The molecule has 0 aliphatic heterocycles. The van der Waals surface area contributed by atoms with Crippen LogP contribution in [0.15, 0.2) is 0 Å². The van der Waals surface area contributed by atoms with Crippen LogP contribution in [0.1, 0.15) is 33.6 Å². The zero-order valence-electron chi connectivity index (χ0n) is 9.04. The number of carbonyl (C=O) groups excluding carboxylic acids is 1. The fraction of sp³-hybridized carbons (Fsp3) is 0.800. The van der Waals surface area contributed by atoms with Gasteiger partial charge in [-0.2, -0.15) is 0 Å². The van der Waals surface area contributed by atoms with Crippen LogP contribution in [0.5, 0.6) is 0 Å². The summed E-state index contributed by atoms with van der Waals surface area (Å²) in [4.78, 5) is 21.9. The fourth-order valence-electron chi connectivity index (χ4n) is 1.08. The molecule has 4 heteroatoms. The summed E-state index contributed by atoms with van der Waals surface area (Å²) in [7, 11) is 0. The highest BCUT2D eigenvalue weighted by molar-refractivity contribution is 5.83. The summed E-state index contributed by atoms with van der Waals surface area (Å²) in [6.07, 6.45) is 0.483. The minimum atomic E-state index is -0.920. The van der Waals surface area contributed by atoms with Gasteiger partial charge in [-0.15, -0.1) is 0 Å². The quantitative estimate of drug-likeness (QED) is 0.680. The van der Waals surface area contributed by atoms with Crippen molar-refractivity contribution in [2.45, 2.75) is 33.6 Å². The van der Waals surface area contributed by atoms with E-state index in [4.69, 9.17) is 5.11 Å². The molecule has 0 heterocycles. The normalized spacial score (nSPS) is 12.6. The van der Waals surface area contributed by atoms with Crippen molar-refractivity contribution in [1.82, 2.24) is 5.32 Å². The van der Waals surface area contributed by atoms with Gasteiger partial charge in [0.05, 0.1) is 6.42 Å². The van der Waals surface area contributed by atoms with Crippen LogP contribution in [0.25, 0.3) is 0 Å². The first-order valence-electron chi connectivity index (χ1n) is 4.96. The third-order valence-corrected chi connectivity index (χ3v) is 1.97. The van der Waals surface area contributed by atoms with E-state index in [-0.39, 0.29) is 12.3 Å². The van der Waals surface area contributed by atoms with Crippen molar-refractivity contribution in [2.24, 2.45) is 11.8 Å². The SMILES string of the molecule is CCC(CC(=O)O)C(=O)NCC(C)C. The lowest BCUT2D eigenvalue weighted by atomic mass is 10.0. The largest absolute Gasteiger partial charge is 0.481 e. The number of nitrogens with one attached hydrogen (secondary N) is 1. The monoisotopic (exact) mass is 201 g/mol. The molecule has 0 aromatic carbocycles. The van der Waals surface area contributed by atoms with Gasteiger partial charge in [-0.05, 0) is 12.3 Å². The molecule has 82 valence electrons. The number of aliphatic carboxylic acids is 1. The van der Waals surface area contributed by atoms with E-state index in [0.717, 1.165) is 0 Å². The topological polar surface area (TPSA) is 66.4 Å². The van der Waals surface area contributed by atoms with Crippen molar-refractivity contribution in [2.75, 3.05) is 6.54 Å². The van der Waals surface area contributed by atoms with Crippen molar-refractivity contribution in [3.8, 4) is 0 Å². The molecule has 0 bridgehead atoms. The maximum absolute atomic E-state index is 11.4. The second-order valence-corrected chi connectivity index (χ2v) is 3.84. The summed E-state index contributed by atoms with van der Waals surface area (Å²) in [5.41, 5.74) is 0. The molecule has 4 nitrogen and oxygen atoms in total. The molecule has 0 aliphatic rings. The first-order valence-corrected chi connectivity index (χ1v) is 4.96. The van der Waals surface area contributed by atoms with Gasteiger partial charge in [0, 0.05) is 12.5 Å². The van der Waals surface area contributed by atoms with E-state index in [0.29, 0.717) is 18.9 Å². The van der Waals surface area contributed by atoms with Gasteiger partial charge < -0.3 is 10.4 Å². The molecular weight excluding hydrogens is 182 g/mol. The Labute approximate surface area is 84.7 Å². The number of carboxylic acid groups (broad SMARTS) is 1. The number of amides is 1. The molecule has 0 aromatic heterocycles. The molecular formula is C10H19NO3. The van der Waals surface area contributed by atoms with Crippen LogP contribution in [-0.2, 0) is 9.59 Å². The van der Waals surface area contributed by atoms with Gasteiger partial charge in [0.15, 0.2) is 0 Å². The van der Waals surface area contributed by atoms with Gasteiger partial charge in [0.2, 0.25) is 5.91 Å². The number of carbonyl (C=O) groups is 2. The van der Waals surface area contributed by atoms with Crippen LogP contribution >= 0.6 is 0 Å². The minimum Gasteiger partial charge on any atom is -0.481 e. The van der Waals surface area contributed by atoms with Gasteiger partial charge in [0.1, 0.15) is 0 Å². The van der Waals surface area contributed by atoms with Crippen molar-refractivity contribution in [3.05, 3.63) is 0 Å². The van der Waals surface area contributed by atoms with E-state index in [2.05, 4.69) is 5.32 Å². The van der Waals surface area contributed by atoms with Gasteiger partial charge >= 0.3 is 5.97 Å². The predicted octanol–water partition coefficient (Wildman–Crippen LogP) is 1.26. The Bertz CT molecular complexity index is 202. The van der Waals surface area contributed by atoms with Gasteiger partial charge in [-0.3, -0.25) is 9.59 Å². The van der Waals surface area contributed by atoms with E-state index in [1.165, 1.54) is 0 Å². The summed E-state index contributed by atoms with van der Waals surface area (Å²) < 4.78 is 0. The summed E-state index contributed by atoms with van der Waals surface area (Å²) in [6.45, 7) is 6.42. The number of hydrogen-bond donors (Lipinski definition) is 2. The second-order valence-electron chi connectivity index (χ2n) is 3.84. The molecule has 1 atom stereocenters. The lowest BCUT2D eigenvalue weighted by molar-refractivity contribution is -0.141. The highest BCUT2D eigenvalue weighted by Crippen LogP contribution is 2.08. The Morgan fingerprint density at radius 2 is 1.93 bits per heavy atom. The molecule has 2 N–H and O–H groups in total. The van der Waals surface area contributed by atoms with Crippen molar-refractivity contribution >= 4 is 11.9 Å². The molecule has 0 saturated carbocycles. The van der Waals surface area contributed by atoms with E-state index in [9.17, 15) is 9.59 Å². The molecule has 0 aliphatic carbocycles. The number of rotatable bonds is 6. The van der Waals surface area contributed by atoms with E-state index < -0.39 is 11.9 Å². The first-order chi connectivity index (χ1) is 6.47. The average Bonchev–Trinajstić information content (AvgIpc) is 2.09. The highest BCUT2D eigenvalue weighted by atomic mass is 16.4. The first kappa shape index (κ1) is 12.9. The molecule has 0 aromatic rings. The average molecular weight is 201 g/mol. The van der Waals surface area contributed by atoms with Crippen LogP contribution in [0, 0.1) is 11.8 Å². The van der Waals surface area contributed by atoms with E-state index in [1.807, 2.05) is 20.8 Å². The molecule has 0 saturated heterocycles. The summed E-state index contributed by atoms with van der Waals surface area (Å²) >= 11 is 0. The fourth-order valence-corrected chi connectivity index (χ4v) is 1.08. The summed E-state index contributed by atoms with van der Waals surface area (Å²) in [5, 5.41) is 11.3. The summed E-state index contributed by atoms with van der Waals surface area (Å²) in [6, 6.07) is 0. The summed E-state index contributed by atoms with van der Waals surface area (Å²) in [5.74, 6) is -1.08. The van der Waals surface area contributed by atoms with Crippen molar-refractivity contribution in [3.63, 3.8) is 0 Å². The Morgan fingerprint density at radius 1 is 1.36 bits per heavy atom. The van der Waals surface area contributed by atoms with Crippen molar-refractivity contribution in [1.29, 1.82) is 0 Å². The van der Waals surface area contributed by atoms with Gasteiger partial charge in [-0.1, -0.05) is 20.8 Å².